The molecular weight excluding hydrogens is 428 g/mol. The molecule has 0 fully saturated rings. The van der Waals surface area contributed by atoms with Crippen molar-refractivity contribution in [3.8, 4) is 5.69 Å². The highest BCUT2D eigenvalue weighted by molar-refractivity contribution is 7.17. The Labute approximate surface area is 189 Å². The standard InChI is InChI=1S/C23H24N4O4S/c1-13-11-14(2)27(26-13)16-9-7-15(8-10-16)23(30)31-12-19(28)25-22-20(21(24)29)17-5-3-4-6-18(17)32-22/h7-11H,3-6,12H2,1-2H3,(H2,24,29)(H,25,28). The molecule has 3 aromatic rings. The van der Waals surface area contributed by atoms with Crippen molar-refractivity contribution in [2.75, 3.05) is 11.9 Å². The van der Waals surface area contributed by atoms with Crippen molar-refractivity contribution in [3.05, 3.63) is 63.3 Å². The first kappa shape index (κ1) is 21.8. The highest BCUT2D eigenvalue weighted by Gasteiger charge is 2.25. The molecule has 4 rings (SSSR count). The van der Waals surface area contributed by atoms with Gasteiger partial charge in [0.15, 0.2) is 6.61 Å². The Bertz CT molecular complexity index is 1190. The number of nitrogens with zero attached hydrogens (tertiary/aromatic N) is 2. The van der Waals surface area contributed by atoms with E-state index in [9.17, 15) is 14.4 Å². The molecule has 0 atom stereocenters. The quantitative estimate of drug-likeness (QED) is 0.557. The lowest BCUT2D eigenvalue weighted by molar-refractivity contribution is -0.119. The summed E-state index contributed by atoms with van der Waals surface area (Å²) in [7, 11) is 0. The zero-order valence-corrected chi connectivity index (χ0v) is 18.8. The number of esters is 1. The van der Waals surface area contributed by atoms with Crippen LogP contribution in [-0.4, -0.2) is 34.2 Å². The normalized spacial score (nSPS) is 12.8. The lowest BCUT2D eigenvalue weighted by Crippen LogP contribution is -2.23. The molecule has 1 aromatic carbocycles. The average Bonchev–Trinajstić information content (AvgIpc) is 3.30. The van der Waals surface area contributed by atoms with Gasteiger partial charge in [-0.3, -0.25) is 9.59 Å². The van der Waals surface area contributed by atoms with Gasteiger partial charge in [0.2, 0.25) is 0 Å². The van der Waals surface area contributed by atoms with Crippen LogP contribution in [0.5, 0.6) is 0 Å². The van der Waals surface area contributed by atoms with Crippen LogP contribution in [-0.2, 0) is 22.4 Å². The van der Waals surface area contributed by atoms with Gasteiger partial charge in [0.25, 0.3) is 11.8 Å². The molecule has 2 heterocycles. The second-order valence-electron chi connectivity index (χ2n) is 7.79. The highest BCUT2D eigenvalue weighted by Crippen LogP contribution is 2.37. The lowest BCUT2D eigenvalue weighted by Gasteiger charge is -2.11. The molecule has 0 bridgehead atoms. The van der Waals surface area contributed by atoms with Gasteiger partial charge in [-0.05, 0) is 75.4 Å². The molecule has 0 radical (unpaired) electrons. The second kappa shape index (κ2) is 8.96. The SMILES string of the molecule is Cc1cc(C)n(-c2ccc(C(=O)OCC(=O)Nc3sc4c(c3C(N)=O)CCCC4)cc2)n1. The summed E-state index contributed by atoms with van der Waals surface area (Å²) in [6, 6.07) is 8.76. The van der Waals surface area contributed by atoms with Crippen LogP contribution in [0.25, 0.3) is 5.69 Å². The van der Waals surface area contributed by atoms with Crippen LogP contribution >= 0.6 is 11.3 Å². The number of benzene rings is 1. The van der Waals surface area contributed by atoms with E-state index in [0.717, 1.165) is 53.2 Å². The van der Waals surface area contributed by atoms with E-state index in [0.29, 0.717) is 16.1 Å². The number of ether oxygens (including phenoxy) is 1. The van der Waals surface area contributed by atoms with Crippen LogP contribution in [0.1, 0.15) is 55.4 Å². The Hall–Kier alpha value is -3.46. The minimum Gasteiger partial charge on any atom is -0.452 e. The van der Waals surface area contributed by atoms with Gasteiger partial charge in [-0.15, -0.1) is 11.3 Å². The monoisotopic (exact) mass is 452 g/mol. The summed E-state index contributed by atoms with van der Waals surface area (Å²) >= 11 is 1.37. The van der Waals surface area contributed by atoms with Gasteiger partial charge in [-0.25, -0.2) is 9.48 Å². The molecule has 8 nitrogen and oxygen atoms in total. The molecule has 1 aliphatic rings. The zero-order valence-electron chi connectivity index (χ0n) is 17.9. The third-order valence-corrected chi connectivity index (χ3v) is 6.57. The summed E-state index contributed by atoms with van der Waals surface area (Å²) in [6.45, 7) is 3.41. The first-order chi connectivity index (χ1) is 15.3. The van der Waals surface area contributed by atoms with E-state index in [-0.39, 0.29) is 0 Å². The van der Waals surface area contributed by atoms with Crippen LogP contribution < -0.4 is 11.1 Å². The number of thiophene rings is 1. The molecule has 0 saturated carbocycles. The molecule has 1 aliphatic carbocycles. The summed E-state index contributed by atoms with van der Waals surface area (Å²) < 4.78 is 6.94. The number of amides is 2. The summed E-state index contributed by atoms with van der Waals surface area (Å²) in [5.41, 5.74) is 9.90. The molecule has 32 heavy (non-hydrogen) atoms. The van der Waals surface area contributed by atoms with Crippen molar-refractivity contribution in [3.63, 3.8) is 0 Å². The van der Waals surface area contributed by atoms with Gasteiger partial charge >= 0.3 is 5.97 Å². The maximum absolute atomic E-state index is 12.4. The number of anilines is 1. The minimum absolute atomic E-state index is 0.326. The fraction of sp³-hybridized carbons (Fsp3) is 0.304. The number of carbonyl (C=O) groups is 3. The number of aromatic nitrogens is 2. The molecule has 3 N–H and O–H groups in total. The first-order valence-electron chi connectivity index (χ1n) is 10.4. The summed E-state index contributed by atoms with van der Waals surface area (Å²) in [4.78, 5) is 37.7. The number of hydrogen-bond acceptors (Lipinski definition) is 6. The lowest BCUT2D eigenvalue weighted by atomic mass is 9.95. The van der Waals surface area contributed by atoms with E-state index in [1.54, 1.807) is 28.9 Å². The second-order valence-corrected chi connectivity index (χ2v) is 8.89. The highest BCUT2D eigenvalue weighted by atomic mass is 32.1. The molecule has 9 heteroatoms. The van der Waals surface area contributed by atoms with E-state index >= 15 is 0 Å². The van der Waals surface area contributed by atoms with Crippen molar-refractivity contribution < 1.29 is 19.1 Å². The Kier molecular flexibility index (Phi) is 6.09. The molecular formula is C23H24N4O4S. The van der Waals surface area contributed by atoms with Crippen LogP contribution in [0.2, 0.25) is 0 Å². The fourth-order valence-corrected chi connectivity index (χ4v) is 5.23. The Morgan fingerprint density at radius 2 is 1.88 bits per heavy atom. The topological polar surface area (TPSA) is 116 Å². The number of hydrogen-bond donors (Lipinski definition) is 2. The van der Waals surface area contributed by atoms with E-state index in [1.165, 1.54) is 11.3 Å². The van der Waals surface area contributed by atoms with Gasteiger partial charge in [0, 0.05) is 10.6 Å². The summed E-state index contributed by atoms with van der Waals surface area (Å²) in [5, 5.41) is 7.53. The van der Waals surface area contributed by atoms with Crippen LogP contribution in [0.4, 0.5) is 5.00 Å². The van der Waals surface area contributed by atoms with Crippen molar-refractivity contribution in [1.29, 1.82) is 0 Å². The van der Waals surface area contributed by atoms with Crippen molar-refractivity contribution in [2.24, 2.45) is 5.73 Å². The van der Waals surface area contributed by atoms with Crippen molar-refractivity contribution in [1.82, 2.24) is 9.78 Å². The number of carbonyl (C=O) groups excluding carboxylic acids is 3. The average molecular weight is 453 g/mol. The number of fused-ring (bicyclic) bond motifs is 1. The minimum atomic E-state index is -0.610. The molecule has 166 valence electrons. The molecule has 2 amide bonds. The smallest absolute Gasteiger partial charge is 0.338 e. The Balaban J connectivity index is 1.38. The van der Waals surface area contributed by atoms with E-state index in [1.807, 2.05) is 19.9 Å². The van der Waals surface area contributed by atoms with Crippen molar-refractivity contribution >= 4 is 34.1 Å². The van der Waals surface area contributed by atoms with Crippen LogP contribution in [0.15, 0.2) is 30.3 Å². The van der Waals surface area contributed by atoms with E-state index in [2.05, 4.69) is 10.4 Å². The number of rotatable bonds is 6. The number of nitrogens with two attached hydrogens (primary N) is 1. The summed E-state index contributed by atoms with van der Waals surface area (Å²) in [6.07, 6.45) is 3.70. The summed E-state index contributed by atoms with van der Waals surface area (Å²) in [5.74, 6) is -1.68. The Morgan fingerprint density at radius 3 is 2.53 bits per heavy atom. The maximum atomic E-state index is 12.4. The van der Waals surface area contributed by atoms with Gasteiger partial charge in [0.05, 0.1) is 22.5 Å². The third kappa shape index (κ3) is 4.43. The van der Waals surface area contributed by atoms with Crippen LogP contribution in [0, 0.1) is 13.8 Å². The first-order valence-corrected chi connectivity index (χ1v) is 11.2. The zero-order chi connectivity index (χ0) is 22.8. The molecule has 0 spiro atoms. The van der Waals surface area contributed by atoms with E-state index in [4.69, 9.17) is 10.5 Å². The van der Waals surface area contributed by atoms with Gasteiger partial charge < -0.3 is 15.8 Å². The largest absolute Gasteiger partial charge is 0.452 e. The molecule has 0 saturated heterocycles. The van der Waals surface area contributed by atoms with Crippen LogP contribution in [0.3, 0.4) is 0 Å². The van der Waals surface area contributed by atoms with Crippen molar-refractivity contribution in [2.45, 2.75) is 39.5 Å². The van der Waals surface area contributed by atoms with Gasteiger partial charge in [-0.2, -0.15) is 5.10 Å². The van der Waals surface area contributed by atoms with Gasteiger partial charge in [0.1, 0.15) is 5.00 Å². The molecule has 2 aromatic heterocycles. The number of nitrogens with one attached hydrogen (secondary N) is 1. The van der Waals surface area contributed by atoms with Gasteiger partial charge in [-0.1, -0.05) is 0 Å². The molecule has 0 unspecified atom stereocenters. The fourth-order valence-electron chi connectivity index (χ4n) is 3.92. The number of primary amides is 1. The predicted molar refractivity (Wildman–Crippen MR) is 121 cm³/mol. The number of aryl methyl sites for hydroxylation is 3. The maximum Gasteiger partial charge on any atom is 0.338 e. The third-order valence-electron chi connectivity index (χ3n) is 5.36. The predicted octanol–water partition coefficient (Wildman–Crippen LogP) is 3.32. The molecule has 0 aliphatic heterocycles. The Morgan fingerprint density at radius 1 is 1.16 bits per heavy atom. The van der Waals surface area contributed by atoms with E-state index < -0.39 is 24.4 Å².